The van der Waals surface area contributed by atoms with E-state index in [0.717, 1.165) is 24.9 Å². The van der Waals surface area contributed by atoms with Crippen molar-refractivity contribution < 1.29 is 0 Å². The molecule has 2 fully saturated rings. The van der Waals surface area contributed by atoms with E-state index in [1.54, 1.807) is 0 Å². The van der Waals surface area contributed by atoms with Crippen LogP contribution >= 0.6 is 11.6 Å². The molecule has 0 spiro atoms. The Bertz CT molecular complexity index is 723. The highest BCUT2D eigenvalue weighted by atomic mass is 35.5. The summed E-state index contributed by atoms with van der Waals surface area (Å²) >= 11 is 5.92. The van der Waals surface area contributed by atoms with Gasteiger partial charge in [-0.15, -0.1) is 0 Å². The molecule has 23 heavy (non-hydrogen) atoms. The number of halogens is 1. The summed E-state index contributed by atoms with van der Waals surface area (Å²) in [6.45, 7) is 0.922. The molecule has 1 aromatic carbocycles. The fourth-order valence-corrected chi connectivity index (χ4v) is 4.49. The van der Waals surface area contributed by atoms with E-state index in [1.807, 2.05) is 24.4 Å². The fraction of sp³-hybridized carbons (Fsp3) is 0.368. The molecule has 2 aliphatic rings. The largest absolute Gasteiger partial charge is 0.291 e. The van der Waals surface area contributed by atoms with Crippen molar-refractivity contribution in [3.05, 3.63) is 64.9 Å². The average molecular weight is 324 g/mol. The summed E-state index contributed by atoms with van der Waals surface area (Å²) in [6.07, 6.45) is 4.12. The Balaban J connectivity index is 1.64. The summed E-state index contributed by atoms with van der Waals surface area (Å²) in [6, 6.07) is 17.7. The molecule has 4 heteroatoms. The van der Waals surface area contributed by atoms with Crippen LogP contribution in [-0.2, 0) is 6.54 Å². The summed E-state index contributed by atoms with van der Waals surface area (Å²) in [5.74, 6) is 0.285. The van der Waals surface area contributed by atoms with E-state index in [-0.39, 0.29) is 11.8 Å². The molecule has 2 saturated heterocycles. The van der Waals surface area contributed by atoms with Crippen LogP contribution in [0.1, 0.15) is 29.9 Å². The van der Waals surface area contributed by atoms with E-state index in [1.165, 1.54) is 5.56 Å². The number of hydrogen-bond donors (Lipinski definition) is 0. The van der Waals surface area contributed by atoms with Gasteiger partial charge in [-0.1, -0.05) is 48.0 Å². The Morgan fingerprint density at radius 1 is 1.13 bits per heavy atom. The third-order valence-corrected chi connectivity index (χ3v) is 5.54. The molecule has 0 aliphatic carbocycles. The van der Waals surface area contributed by atoms with E-state index >= 15 is 0 Å². The third-order valence-electron chi connectivity index (χ3n) is 5.32. The van der Waals surface area contributed by atoms with Crippen LogP contribution in [0.15, 0.2) is 48.7 Å². The third kappa shape index (κ3) is 2.52. The molecule has 0 radical (unpaired) electrons. The number of rotatable bonds is 3. The van der Waals surface area contributed by atoms with Crippen LogP contribution in [0.25, 0.3) is 0 Å². The minimum atomic E-state index is 0.0421. The lowest BCUT2D eigenvalue weighted by Crippen LogP contribution is -2.29. The van der Waals surface area contributed by atoms with Gasteiger partial charge < -0.3 is 0 Å². The van der Waals surface area contributed by atoms with Crippen molar-refractivity contribution in [2.45, 2.75) is 37.4 Å². The standard InChI is InChI=1S/C19H18ClN3/c20-18-9-6-14(11-22-18)19-15(10-21)16-7-8-17(19)23(16)12-13-4-2-1-3-5-13/h1-6,9,11,15-17,19H,7-8,12H2/t15-,16+,17-,19+/m1/s1. The van der Waals surface area contributed by atoms with E-state index < -0.39 is 0 Å². The number of fused-ring (bicyclic) bond motifs is 2. The first kappa shape index (κ1) is 14.7. The summed E-state index contributed by atoms with van der Waals surface area (Å²) in [4.78, 5) is 6.75. The molecule has 1 aromatic heterocycles. The first-order chi connectivity index (χ1) is 11.3. The number of hydrogen-bond acceptors (Lipinski definition) is 3. The first-order valence-electron chi connectivity index (χ1n) is 8.08. The molecule has 3 heterocycles. The lowest BCUT2D eigenvalue weighted by molar-refractivity contribution is 0.234. The normalized spacial score (nSPS) is 29.6. The monoisotopic (exact) mass is 323 g/mol. The maximum atomic E-state index is 9.74. The van der Waals surface area contributed by atoms with Gasteiger partial charge >= 0.3 is 0 Å². The van der Waals surface area contributed by atoms with Gasteiger partial charge in [-0.05, 0) is 30.0 Å². The second-order valence-corrected chi connectivity index (χ2v) is 6.85. The van der Waals surface area contributed by atoms with Gasteiger partial charge in [0.15, 0.2) is 0 Å². The Morgan fingerprint density at radius 3 is 2.61 bits per heavy atom. The molecular weight excluding hydrogens is 306 g/mol. The molecule has 3 nitrogen and oxygen atoms in total. The molecule has 2 aliphatic heterocycles. The Kier molecular flexibility index (Phi) is 3.80. The number of nitrogens with zero attached hydrogens (tertiary/aromatic N) is 3. The molecule has 0 unspecified atom stereocenters. The highest BCUT2D eigenvalue weighted by Crippen LogP contribution is 2.50. The van der Waals surface area contributed by atoms with Crippen LogP contribution in [-0.4, -0.2) is 22.0 Å². The predicted molar refractivity (Wildman–Crippen MR) is 89.9 cm³/mol. The van der Waals surface area contributed by atoms with Crippen molar-refractivity contribution in [1.29, 1.82) is 5.26 Å². The minimum absolute atomic E-state index is 0.0421. The minimum Gasteiger partial charge on any atom is -0.291 e. The van der Waals surface area contributed by atoms with Crippen LogP contribution in [0.5, 0.6) is 0 Å². The molecule has 0 N–H and O–H groups in total. The smallest absolute Gasteiger partial charge is 0.129 e. The summed E-state index contributed by atoms with van der Waals surface area (Å²) in [5.41, 5.74) is 2.46. The molecule has 4 rings (SSSR count). The summed E-state index contributed by atoms with van der Waals surface area (Å²) in [5, 5.41) is 10.2. The highest BCUT2D eigenvalue weighted by Gasteiger charge is 2.53. The second kappa shape index (κ2) is 5.96. The van der Waals surface area contributed by atoms with Gasteiger partial charge in [0.1, 0.15) is 5.15 Å². The quantitative estimate of drug-likeness (QED) is 0.801. The SMILES string of the molecule is N#C[C@H]1[C@H](c2ccc(Cl)nc2)[C@H]2CC[C@@H]1N2Cc1ccccc1. The van der Waals surface area contributed by atoms with Crippen molar-refractivity contribution in [2.24, 2.45) is 5.92 Å². The molecule has 2 bridgehead atoms. The van der Waals surface area contributed by atoms with Crippen molar-refractivity contribution >= 4 is 11.6 Å². The van der Waals surface area contributed by atoms with Crippen LogP contribution in [0, 0.1) is 17.2 Å². The van der Waals surface area contributed by atoms with Gasteiger partial charge in [-0.25, -0.2) is 4.98 Å². The predicted octanol–water partition coefficient (Wildman–Crippen LogP) is 4.01. The zero-order chi connectivity index (χ0) is 15.8. The molecule has 2 aromatic rings. The maximum absolute atomic E-state index is 9.74. The highest BCUT2D eigenvalue weighted by molar-refractivity contribution is 6.29. The topological polar surface area (TPSA) is 39.9 Å². The lowest BCUT2D eigenvalue weighted by Gasteiger charge is -2.25. The number of pyridine rings is 1. The molecule has 4 atom stereocenters. The van der Waals surface area contributed by atoms with Gasteiger partial charge in [0.05, 0.1) is 12.0 Å². The van der Waals surface area contributed by atoms with Crippen LogP contribution < -0.4 is 0 Å². The van der Waals surface area contributed by atoms with Crippen LogP contribution in [0.3, 0.4) is 0 Å². The Labute approximate surface area is 141 Å². The number of nitriles is 1. The molecular formula is C19H18ClN3. The fourth-order valence-electron chi connectivity index (χ4n) is 4.38. The van der Waals surface area contributed by atoms with Gasteiger partial charge in [0.2, 0.25) is 0 Å². The average Bonchev–Trinajstić information content (AvgIpc) is 3.11. The van der Waals surface area contributed by atoms with E-state index in [4.69, 9.17) is 11.6 Å². The van der Waals surface area contributed by atoms with Gasteiger partial charge in [-0.2, -0.15) is 5.26 Å². The number of aromatic nitrogens is 1. The van der Waals surface area contributed by atoms with E-state index in [2.05, 4.69) is 40.2 Å². The Morgan fingerprint density at radius 2 is 1.91 bits per heavy atom. The van der Waals surface area contributed by atoms with Gasteiger partial charge in [0.25, 0.3) is 0 Å². The van der Waals surface area contributed by atoms with E-state index in [9.17, 15) is 5.26 Å². The molecule has 0 saturated carbocycles. The maximum Gasteiger partial charge on any atom is 0.129 e. The zero-order valence-electron chi connectivity index (χ0n) is 12.8. The summed E-state index contributed by atoms with van der Waals surface area (Å²) in [7, 11) is 0. The summed E-state index contributed by atoms with van der Waals surface area (Å²) < 4.78 is 0. The van der Waals surface area contributed by atoms with Crippen LogP contribution in [0.4, 0.5) is 0 Å². The van der Waals surface area contributed by atoms with Crippen molar-refractivity contribution in [3.63, 3.8) is 0 Å². The molecule has 0 amide bonds. The molecule has 116 valence electrons. The first-order valence-corrected chi connectivity index (χ1v) is 8.46. The Hall–Kier alpha value is -1.89. The van der Waals surface area contributed by atoms with Gasteiger partial charge in [-0.3, -0.25) is 4.90 Å². The lowest BCUT2D eigenvalue weighted by atomic mass is 9.77. The zero-order valence-corrected chi connectivity index (χ0v) is 13.5. The van der Waals surface area contributed by atoms with Crippen molar-refractivity contribution in [3.8, 4) is 6.07 Å². The van der Waals surface area contributed by atoms with Crippen molar-refractivity contribution in [1.82, 2.24) is 9.88 Å². The van der Waals surface area contributed by atoms with Crippen molar-refractivity contribution in [2.75, 3.05) is 0 Å². The number of benzene rings is 1. The van der Waals surface area contributed by atoms with Crippen LogP contribution in [0.2, 0.25) is 5.15 Å². The van der Waals surface area contributed by atoms with E-state index in [0.29, 0.717) is 17.2 Å². The second-order valence-electron chi connectivity index (χ2n) is 6.46. The van der Waals surface area contributed by atoms with Gasteiger partial charge in [0, 0.05) is 30.7 Å².